The van der Waals surface area contributed by atoms with E-state index >= 15 is 0 Å². The lowest BCUT2D eigenvalue weighted by Crippen LogP contribution is -2.54. The predicted molar refractivity (Wildman–Crippen MR) is 80.4 cm³/mol. The number of nitrogens with two attached hydrogens (primary N) is 1. The van der Waals surface area contributed by atoms with E-state index in [1.54, 1.807) is 0 Å². The molecule has 0 aliphatic heterocycles. The van der Waals surface area contributed by atoms with Gasteiger partial charge in [0.25, 0.3) is 0 Å². The largest absolute Gasteiger partial charge is 0.351 e. The zero-order chi connectivity index (χ0) is 15.2. The maximum Gasteiger partial charge on any atom is 0.318 e. The van der Waals surface area contributed by atoms with Crippen LogP contribution in [0.1, 0.15) is 45.4 Å². The topological polar surface area (TPSA) is 75.4 Å². The van der Waals surface area contributed by atoms with Gasteiger partial charge in [-0.25, -0.2) is 4.79 Å². The molecule has 4 rings (SSSR count). The highest BCUT2D eigenvalue weighted by Gasteiger charge is 2.51. The summed E-state index contributed by atoms with van der Waals surface area (Å²) in [4.78, 5) is 24.8. The lowest BCUT2D eigenvalue weighted by Gasteiger charge is -2.58. The van der Waals surface area contributed by atoms with Crippen molar-refractivity contribution in [1.82, 2.24) is 10.2 Å². The SMILES string of the molecule is C[C@@H](C(=O)NC(N)=O)N(C)CC12CC3CC(CC(C3)C1)C2. The minimum Gasteiger partial charge on any atom is -0.351 e. The zero-order valence-corrected chi connectivity index (χ0v) is 13.1. The summed E-state index contributed by atoms with van der Waals surface area (Å²) in [6.45, 7) is 2.81. The molecule has 21 heavy (non-hydrogen) atoms. The van der Waals surface area contributed by atoms with Crippen LogP contribution < -0.4 is 11.1 Å². The van der Waals surface area contributed by atoms with Gasteiger partial charge < -0.3 is 5.73 Å². The Morgan fingerprint density at radius 1 is 1.19 bits per heavy atom. The molecule has 0 spiro atoms. The molecule has 0 radical (unpaired) electrons. The monoisotopic (exact) mass is 293 g/mol. The van der Waals surface area contributed by atoms with E-state index in [-0.39, 0.29) is 11.9 Å². The molecule has 5 nitrogen and oxygen atoms in total. The summed E-state index contributed by atoms with van der Waals surface area (Å²) in [6.07, 6.45) is 8.27. The summed E-state index contributed by atoms with van der Waals surface area (Å²) in [6, 6.07) is -1.08. The summed E-state index contributed by atoms with van der Waals surface area (Å²) >= 11 is 0. The van der Waals surface area contributed by atoms with E-state index in [1.165, 1.54) is 38.5 Å². The van der Waals surface area contributed by atoms with Crippen molar-refractivity contribution in [2.24, 2.45) is 28.9 Å². The van der Waals surface area contributed by atoms with Gasteiger partial charge in [-0.3, -0.25) is 15.0 Å². The van der Waals surface area contributed by atoms with Crippen LogP contribution in [0.4, 0.5) is 4.79 Å². The molecule has 0 aromatic rings. The first-order valence-corrected chi connectivity index (χ1v) is 8.17. The van der Waals surface area contributed by atoms with E-state index in [9.17, 15) is 9.59 Å². The molecule has 4 saturated carbocycles. The van der Waals surface area contributed by atoms with E-state index < -0.39 is 6.03 Å². The number of carbonyl (C=O) groups is 2. The van der Waals surface area contributed by atoms with Gasteiger partial charge in [0, 0.05) is 6.54 Å². The number of rotatable bonds is 4. The third-order valence-corrected chi connectivity index (χ3v) is 6.04. The van der Waals surface area contributed by atoms with Gasteiger partial charge in [0.15, 0.2) is 0 Å². The Hall–Kier alpha value is -1.10. The van der Waals surface area contributed by atoms with Crippen molar-refractivity contribution >= 4 is 11.9 Å². The molecule has 4 aliphatic carbocycles. The Balaban J connectivity index is 1.63. The Morgan fingerprint density at radius 2 is 1.67 bits per heavy atom. The first-order valence-electron chi connectivity index (χ1n) is 8.17. The van der Waals surface area contributed by atoms with Crippen LogP contribution >= 0.6 is 0 Å². The molecular weight excluding hydrogens is 266 g/mol. The molecule has 3 amide bonds. The van der Waals surface area contributed by atoms with Crippen molar-refractivity contribution in [1.29, 1.82) is 0 Å². The van der Waals surface area contributed by atoms with E-state index in [0.717, 1.165) is 24.3 Å². The first-order chi connectivity index (χ1) is 9.87. The van der Waals surface area contributed by atoms with Crippen molar-refractivity contribution in [2.45, 2.75) is 51.5 Å². The van der Waals surface area contributed by atoms with Crippen LogP contribution in [0.2, 0.25) is 0 Å². The van der Waals surface area contributed by atoms with Crippen LogP contribution in [-0.2, 0) is 4.79 Å². The van der Waals surface area contributed by atoms with Crippen molar-refractivity contribution in [3.05, 3.63) is 0 Å². The lowest BCUT2D eigenvalue weighted by atomic mass is 9.49. The highest BCUT2D eigenvalue weighted by molar-refractivity contribution is 5.96. The fourth-order valence-electron chi connectivity index (χ4n) is 5.58. The summed E-state index contributed by atoms with van der Waals surface area (Å²) in [5.74, 6) is 2.45. The summed E-state index contributed by atoms with van der Waals surface area (Å²) in [5, 5.41) is 2.19. The summed E-state index contributed by atoms with van der Waals surface area (Å²) < 4.78 is 0. The molecule has 5 heteroatoms. The van der Waals surface area contributed by atoms with Gasteiger partial charge >= 0.3 is 6.03 Å². The number of likely N-dealkylation sites (N-methyl/N-ethyl adjacent to an activating group) is 1. The van der Waals surface area contributed by atoms with E-state index in [2.05, 4.69) is 10.2 Å². The number of carbonyl (C=O) groups excluding carboxylic acids is 2. The number of urea groups is 1. The number of nitrogens with zero attached hydrogens (tertiary/aromatic N) is 1. The normalized spacial score (nSPS) is 38.5. The molecular formula is C16H27N3O2. The van der Waals surface area contributed by atoms with Gasteiger partial charge in [-0.2, -0.15) is 0 Å². The molecule has 118 valence electrons. The van der Waals surface area contributed by atoms with E-state index in [4.69, 9.17) is 5.73 Å². The second kappa shape index (κ2) is 5.27. The van der Waals surface area contributed by atoms with Gasteiger partial charge in [0.05, 0.1) is 6.04 Å². The molecule has 0 saturated heterocycles. The molecule has 4 bridgehead atoms. The minimum absolute atomic E-state index is 0.297. The lowest BCUT2D eigenvalue weighted by molar-refractivity contribution is -0.126. The number of amides is 3. The highest BCUT2D eigenvalue weighted by atomic mass is 16.2. The molecule has 4 aliphatic rings. The maximum absolute atomic E-state index is 11.9. The second-order valence-electron chi connectivity index (χ2n) is 7.86. The number of hydrogen-bond donors (Lipinski definition) is 2. The van der Waals surface area contributed by atoms with Crippen molar-refractivity contribution in [3.8, 4) is 0 Å². The molecule has 0 heterocycles. The molecule has 3 N–H and O–H groups in total. The molecule has 0 aromatic carbocycles. The minimum atomic E-state index is -0.768. The molecule has 4 fully saturated rings. The Labute approximate surface area is 126 Å². The Bertz CT molecular complexity index is 414. The number of imide groups is 1. The number of nitrogens with one attached hydrogen (secondary N) is 1. The van der Waals surface area contributed by atoms with Crippen LogP contribution in [0.5, 0.6) is 0 Å². The number of hydrogen-bond acceptors (Lipinski definition) is 3. The van der Waals surface area contributed by atoms with E-state index in [0.29, 0.717) is 5.41 Å². The quantitative estimate of drug-likeness (QED) is 0.828. The third-order valence-electron chi connectivity index (χ3n) is 6.04. The highest BCUT2D eigenvalue weighted by Crippen LogP contribution is 2.60. The summed E-state index contributed by atoms with van der Waals surface area (Å²) in [5.41, 5.74) is 5.44. The van der Waals surface area contributed by atoms with Crippen LogP contribution in [-0.4, -0.2) is 36.5 Å². The smallest absolute Gasteiger partial charge is 0.318 e. The van der Waals surface area contributed by atoms with Gasteiger partial charge in [-0.1, -0.05) is 0 Å². The molecule has 1 atom stereocenters. The summed E-state index contributed by atoms with van der Waals surface area (Å²) in [7, 11) is 1.99. The van der Waals surface area contributed by atoms with Crippen LogP contribution in [0.15, 0.2) is 0 Å². The van der Waals surface area contributed by atoms with Gasteiger partial charge in [-0.05, 0) is 75.7 Å². The van der Waals surface area contributed by atoms with Crippen LogP contribution in [0.3, 0.4) is 0 Å². The zero-order valence-electron chi connectivity index (χ0n) is 13.1. The van der Waals surface area contributed by atoms with Gasteiger partial charge in [0.2, 0.25) is 5.91 Å². The Kier molecular flexibility index (Phi) is 3.72. The van der Waals surface area contributed by atoms with Crippen molar-refractivity contribution in [3.63, 3.8) is 0 Å². The fourth-order valence-corrected chi connectivity index (χ4v) is 5.58. The molecule has 0 unspecified atom stereocenters. The Morgan fingerprint density at radius 3 is 2.10 bits per heavy atom. The average molecular weight is 293 g/mol. The van der Waals surface area contributed by atoms with E-state index in [1.807, 2.05) is 14.0 Å². The third kappa shape index (κ3) is 2.93. The van der Waals surface area contributed by atoms with Gasteiger partial charge in [-0.15, -0.1) is 0 Å². The van der Waals surface area contributed by atoms with Gasteiger partial charge in [0.1, 0.15) is 0 Å². The predicted octanol–water partition coefficient (Wildman–Crippen LogP) is 1.72. The average Bonchev–Trinajstić information content (AvgIpc) is 2.34. The van der Waals surface area contributed by atoms with Crippen molar-refractivity contribution in [2.75, 3.05) is 13.6 Å². The van der Waals surface area contributed by atoms with Crippen LogP contribution in [0.25, 0.3) is 0 Å². The molecule has 0 aromatic heterocycles. The van der Waals surface area contributed by atoms with Crippen molar-refractivity contribution < 1.29 is 9.59 Å². The van der Waals surface area contributed by atoms with Crippen LogP contribution in [0, 0.1) is 23.2 Å². The maximum atomic E-state index is 11.9. The fraction of sp³-hybridized carbons (Fsp3) is 0.875. The first kappa shape index (κ1) is 14.8. The second-order valence-corrected chi connectivity index (χ2v) is 7.86. The standard InChI is InChI=1S/C16H27N3O2/c1-10(14(20)18-15(17)21)19(2)9-16-6-11-3-12(7-16)5-13(4-11)8-16/h10-13H,3-9H2,1-2H3,(H3,17,18,20,21)/t10-,11?,12?,13?,16?/m0/s1. The number of primary amides is 1.